The molecule has 0 unspecified atom stereocenters. The van der Waals surface area contributed by atoms with Crippen LogP contribution in [0.2, 0.25) is 0 Å². The first kappa shape index (κ1) is 16.7. The number of furan rings is 1. The van der Waals surface area contributed by atoms with Gasteiger partial charge in [0.1, 0.15) is 5.76 Å². The molecule has 1 aliphatic rings. The van der Waals surface area contributed by atoms with Crippen LogP contribution in [0.5, 0.6) is 0 Å². The molecule has 0 spiro atoms. The molecule has 0 radical (unpaired) electrons. The largest absolute Gasteiger partial charge is 0.467 e. The van der Waals surface area contributed by atoms with E-state index in [1.807, 2.05) is 0 Å². The Morgan fingerprint density at radius 1 is 1.12 bits per heavy atom. The first-order valence-electron chi connectivity index (χ1n) is 7.92. The molecule has 6 nitrogen and oxygen atoms in total. The lowest BCUT2D eigenvalue weighted by atomic mass is 9.97. The van der Waals surface area contributed by atoms with Crippen molar-refractivity contribution in [3.8, 4) is 0 Å². The fourth-order valence-corrected chi connectivity index (χ4v) is 4.32. The second-order valence-electron chi connectivity index (χ2n) is 5.79. The standard InChI is InChI=1S/C17H20N2O4S/c20-17(18-13-15-5-4-12-23-15)14-8-10-19(11-9-14)24(21,22)16-6-2-1-3-7-16/h1-7,12,14H,8-11,13H2,(H,18,20). The Bertz CT molecular complexity index is 764. The number of nitrogens with one attached hydrogen (secondary N) is 1. The number of hydrogen-bond donors (Lipinski definition) is 1. The lowest BCUT2D eigenvalue weighted by Gasteiger charge is -2.30. The molecule has 0 saturated carbocycles. The maximum absolute atomic E-state index is 12.6. The lowest BCUT2D eigenvalue weighted by molar-refractivity contribution is -0.126. The topological polar surface area (TPSA) is 79.6 Å². The lowest BCUT2D eigenvalue weighted by Crippen LogP contribution is -2.42. The number of benzene rings is 1. The van der Waals surface area contributed by atoms with Crippen molar-refractivity contribution in [2.45, 2.75) is 24.3 Å². The normalized spacial score (nSPS) is 16.8. The summed E-state index contributed by atoms with van der Waals surface area (Å²) in [5, 5.41) is 2.84. The second-order valence-corrected chi connectivity index (χ2v) is 7.73. The first-order chi connectivity index (χ1) is 11.6. The number of carbonyl (C=O) groups is 1. The molecule has 1 saturated heterocycles. The molecule has 2 aromatic rings. The van der Waals surface area contributed by atoms with Crippen LogP contribution in [0.25, 0.3) is 0 Å². The molecule has 0 bridgehead atoms. The summed E-state index contributed by atoms with van der Waals surface area (Å²) < 4.78 is 31.8. The van der Waals surface area contributed by atoms with Gasteiger partial charge < -0.3 is 9.73 Å². The van der Waals surface area contributed by atoms with Crippen LogP contribution in [-0.2, 0) is 21.4 Å². The van der Waals surface area contributed by atoms with Gasteiger partial charge in [0, 0.05) is 19.0 Å². The Morgan fingerprint density at radius 3 is 2.46 bits per heavy atom. The minimum absolute atomic E-state index is 0.0526. The monoisotopic (exact) mass is 348 g/mol. The molecule has 1 amide bonds. The quantitative estimate of drug-likeness (QED) is 0.896. The van der Waals surface area contributed by atoms with Crippen LogP contribution in [-0.4, -0.2) is 31.7 Å². The van der Waals surface area contributed by atoms with Crippen LogP contribution in [0.15, 0.2) is 58.0 Å². The van der Waals surface area contributed by atoms with Crippen molar-refractivity contribution in [3.63, 3.8) is 0 Å². The number of carbonyl (C=O) groups excluding carboxylic acids is 1. The van der Waals surface area contributed by atoms with E-state index in [2.05, 4.69) is 5.32 Å². The SMILES string of the molecule is O=C(NCc1ccco1)C1CCN(S(=O)(=O)c2ccccc2)CC1. The Kier molecular flexibility index (Phi) is 5.01. The van der Waals surface area contributed by atoms with Gasteiger partial charge in [0.05, 0.1) is 17.7 Å². The molecule has 1 aromatic carbocycles. The Balaban J connectivity index is 1.54. The van der Waals surface area contributed by atoms with Crippen molar-refractivity contribution < 1.29 is 17.6 Å². The van der Waals surface area contributed by atoms with E-state index in [9.17, 15) is 13.2 Å². The summed E-state index contributed by atoms with van der Waals surface area (Å²) in [6, 6.07) is 12.0. The van der Waals surface area contributed by atoms with Gasteiger partial charge in [0.2, 0.25) is 15.9 Å². The van der Waals surface area contributed by atoms with Crippen molar-refractivity contribution in [2.75, 3.05) is 13.1 Å². The minimum Gasteiger partial charge on any atom is -0.467 e. The minimum atomic E-state index is -3.47. The average molecular weight is 348 g/mol. The van der Waals surface area contributed by atoms with Gasteiger partial charge in [-0.3, -0.25) is 4.79 Å². The Labute approximate surface area is 141 Å². The van der Waals surface area contributed by atoms with Crippen molar-refractivity contribution in [3.05, 3.63) is 54.5 Å². The van der Waals surface area contributed by atoms with E-state index < -0.39 is 10.0 Å². The number of sulfonamides is 1. The van der Waals surface area contributed by atoms with E-state index in [1.165, 1.54) is 4.31 Å². The van der Waals surface area contributed by atoms with Crippen LogP contribution < -0.4 is 5.32 Å². The molecule has 1 N–H and O–H groups in total. The third kappa shape index (κ3) is 3.68. The van der Waals surface area contributed by atoms with Crippen molar-refractivity contribution in [1.29, 1.82) is 0 Å². The zero-order valence-corrected chi connectivity index (χ0v) is 14.0. The molecule has 1 fully saturated rings. The summed E-state index contributed by atoms with van der Waals surface area (Å²) in [6.45, 7) is 1.07. The van der Waals surface area contributed by atoms with E-state index in [0.717, 1.165) is 0 Å². The number of rotatable bonds is 5. The molecule has 1 aromatic heterocycles. The number of nitrogens with zero attached hydrogens (tertiary/aromatic N) is 1. The molecule has 2 heterocycles. The molecule has 128 valence electrons. The zero-order valence-electron chi connectivity index (χ0n) is 13.2. The highest BCUT2D eigenvalue weighted by Gasteiger charge is 2.31. The zero-order chi connectivity index (χ0) is 17.0. The van der Waals surface area contributed by atoms with E-state index in [-0.39, 0.29) is 11.8 Å². The maximum Gasteiger partial charge on any atom is 0.243 e. The summed E-state index contributed by atoms with van der Waals surface area (Å²) >= 11 is 0. The third-order valence-electron chi connectivity index (χ3n) is 4.22. The van der Waals surface area contributed by atoms with Gasteiger partial charge in [-0.1, -0.05) is 18.2 Å². The van der Waals surface area contributed by atoms with Crippen molar-refractivity contribution in [1.82, 2.24) is 9.62 Å². The maximum atomic E-state index is 12.6. The van der Waals surface area contributed by atoms with Crippen LogP contribution in [0.4, 0.5) is 0 Å². The third-order valence-corrected chi connectivity index (χ3v) is 6.14. The fraction of sp³-hybridized carbons (Fsp3) is 0.353. The van der Waals surface area contributed by atoms with E-state index in [0.29, 0.717) is 43.1 Å². The Morgan fingerprint density at radius 2 is 1.83 bits per heavy atom. The van der Waals surface area contributed by atoms with Crippen molar-refractivity contribution >= 4 is 15.9 Å². The molecule has 0 aliphatic carbocycles. The number of piperidine rings is 1. The highest BCUT2D eigenvalue weighted by atomic mass is 32.2. The molecular formula is C17H20N2O4S. The fourth-order valence-electron chi connectivity index (χ4n) is 2.83. The second kappa shape index (κ2) is 7.19. The summed E-state index contributed by atoms with van der Waals surface area (Å²) in [4.78, 5) is 12.5. The number of amides is 1. The predicted molar refractivity (Wildman–Crippen MR) is 88.5 cm³/mol. The van der Waals surface area contributed by atoms with Crippen LogP contribution in [0.1, 0.15) is 18.6 Å². The van der Waals surface area contributed by atoms with E-state index in [4.69, 9.17) is 4.42 Å². The van der Waals surface area contributed by atoms with Crippen LogP contribution >= 0.6 is 0 Å². The highest BCUT2D eigenvalue weighted by Crippen LogP contribution is 2.23. The van der Waals surface area contributed by atoms with Gasteiger partial charge in [0.15, 0.2) is 0 Å². The van der Waals surface area contributed by atoms with Crippen LogP contribution in [0.3, 0.4) is 0 Å². The van der Waals surface area contributed by atoms with Crippen LogP contribution in [0, 0.1) is 5.92 Å². The average Bonchev–Trinajstić information content (AvgIpc) is 3.14. The highest BCUT2D eigenvalue weighted by molar-refractivity contribution is 7.89. The predicted octanol–water partition coefficient (Wildman–Crippen LogP) is 2.00. The van der Waals surface area contributed by atoms with Gasteiger partial charge in [-0.25, -0.2) is 8.42 Å². The van der Waals surface area contributed by atoms with E-state index >= 15 is 0 Å². The molecule has 0 atom stereocenters. The molecular weight excluding hydrogens is 328 g/mol. The molecule has 24 heavy (non-hydrogen) atoms. The Hall–Kier alpha value is -2.12. The summed E-state index contributed by atoms with van der Waals surface area (Å²) in [6.07, 6.45) is 2.61. The molecule has 1 aliphatic heterocycles. The van der Waals surface area contributed by atoms with Gasteiger partial charge in [-0.05, 0) is 37.1 Å². The smallest absolute Gasteiger partial charge is 0.243 e. The summed E-state index contributed by atoms with van der Waals surface area (Å²) in [5.41, 5.74) is 0. The molecule has 3 rings (SSSR count). The number of hydrogen-bond acceptors (Lipinski definition) is 4. The summed E-state index contributed by atoms with van der Waals surface area (Å²) in [7, 11) is -3.47. The van der Waals surface area contributed by atoms with Gasteiger partial charge in [-0.15, -0.1) is 0 Å². The van der Waals surface area contributed by atoms with Gasteiger partial charge >= 0.3 is 0 Å². The van der Waals surface area contributed by atoms with E-state index in [1.54, 1.807) is 48.7 Å². The molecule has 7 heteroatoms. The first-order valence-corrected chi connectivity index (χ1v) is 9.36. The summed E-state index contributed by atoms with van der Waals surface area (Å²) in [5.74, 6) is 0.484. The van der Waals surface area contributed by atoms with Crippen molar-refractivity contribution in [2.24, 2.45) is 5.92 Å². The van der Waals surface area contributed by atoms with Gasteiger partial charge in [0.25, 0.3) is 0 Å². The van der Waals surface area contributed by atoms with Gasteiger partial charge in [-0.2, -0.15) is 4.31 Å².